The summed E-state index contributed by atoms with van der Waals surface area (Å²) in [7, 11) is 0. The van der Waals surface area contributed by atoms with Crippen molar-refractivity contribution in [2.24, 2.45) is 0 Å². The molecule has 0 bridgehead atoms. The summed E-state index contributed by atoms with van der Waals surface area (Å²) in [6, 6.07) is 5.76. The second-order valence-electron chi connectivity index (χ2n) is 4.69. The summed E-state index contributed by atoms with van der Waals surface area (Å²) in [5.74, 6) is 0. The molecular formula is C13H15N3O2S. The molecular weight excluding hydrogens is 262 g/mol. The van der Waals surface area contributed by atoms with Crippen LogP contribution in [-0.4, -0.2) is 50.4 Å². The van der Waals surface area contributed by atoms with Crippen molar-refractivity contribution in [3.8, 4) is 10.7 Å². The smallest absolute Gasteiger partial charge is 0.142 e. The van der Waals surface area contributed by atoms with E-state index in [2.05, 4.69) is 9.97 Å². The van der Waals surface area contributed by atoms with Gasteiger partial charge in [0.2, 0.25) is 0 Å². The van der Waals surface area contributed by atoms with Crippen molar-refractivity contribution < 1.29 is 10.2 Å². The zero-order valence-corrected chi connectivity index (χ0v) is 11.1. The van der Waals surface area contributed by atoms with Gasteiger partial charge in [0.15, 0.2) is 0 Å². The molecule has 0 aromatic carbocycles. The molecule has 5 nitrogen and oxygen atoms in total. The third-order valence-corrected chi connectivity index (χ3v) is 4.07. The Morgan fingerprint density at radius 2 is 2.05 bits per heavy atom. The molecule has 0 unspecified atom stereocenters. The molecule has 0 saturated carbocycles. The Labute approximate surface area is 115 Å². The first kappa shape index (κ1) is 12.7. The third kappa shape index (κ3) is 2.82. The van der Waals surface area contributed by atoms with E-state index >= 15 is 0 Å². The van der Waals surface area contributed by atoms with Gasteiger partial charge in [-0.25, -0.2) is 4.98 Å². The largest absolute Gasteiger partial charge is 0.389 e. The number of thiazole rings is 1. The average molecular weight is 277 g/mol. The van der Waals surface area contributed by atoms with Gasteiger partial charge in [0.05, 0.1) is 23.6 Å². The number of hydrogen-bond acceptors (Lipinski definition) is 6. The lowest BCUT2D eigenvalue weighted by Crippen LogP contribution is -2.22. The lowest BCUT2D eigenvalue weighted by Gasteiger charge is -2.12. The zero-order valence-electron chi connectivity index (χ0n) is 10.3. The summed E-state index contributed by atoms with van der Waals surface area (Å²) >= 11 is 1.56. The predicted molar refractivity (Wildman–Crippen MR) is 72.6 cm³/mol. The monoisotopic (exact) mass is 277 g/mol. The number of hydrogen-bond donors (Lipinski definition) is 2. The van der Waals surface area contributed by atoms with E-state index < -0.39 is 12.2 Å². The van der Waals surface area contributed by atoms with E-state index in [1.165, 1.54) is 0 Å². The van der Waals surface area contributed by atoms with Gasteiger partial charge in [0.25, 0.3) is 0 Å². The molecule has 2 atom stereocenters. The number of likely N-dealkylation sites (tertiary alicyclic amines) is 1. The molecule has 2 aromatic rings. The van der Waals surface area contributed by atoms with Crippen LogP contribution in [-0.2, 0) is 6.54 Å². The molecule has 19 heavy (non-hydrogen) atoms. The normalized spacial score (nSPS) is 23.9. The Bertz CT molecular complexity index is 536. The second kappa shape index (κ2) is 5.34. The van der Waals surface area contributed by atoms with Crippen LogP contribution in [0.2, 0.25) is 0 Å². The number of aliphatic hydroxyl groups is 2. The van der Waals surface area contributed by atoms with Crippen molar-refractivity contribution in [1.29, 1.82) is 0 Å². The summed E-state index contributed by atoms with van der Waals surface area (Å²) in [6.07, 6.45) is 0.464. The number of pyridine rings is 1. The van der Waals surface area contributed by atoms with Gasteiger partial charge in [-0.05, 0) is 12.1 Å². The molecule has 1 saturated heterocycles. The molecule has 3 rings (SSSR count). The van der Waals surface area contributed by atoms with Crippen LogP contribution >= 0.6 is 11.3 Å². The minimum Gasteiger partial charge on any atom is -0.389 e. The Balaban J connectivity index is 1.69. The Morgan fingerprint density at radius 1 is 1.26 bits per heavy atom. The standard InChI is InChI=1S/C13H15N3O2S/c17-11-6-16(7-12(11)18)5-9-8-19-13(15-9)10-3-1-2-4-14-10/h1-4,8,11-12,17-18H,5-7H2/t11-,12+. The average Bonchev–Trinajstić information content (AvgIpc) is 2.99. The summed E-state index contributed by atoms with van der Waals surface area (Å²) in [4.78, 5) is 10.8. The van der Waals surface area contributed by atoms with E-state index in [0.717, 1.165) is 16.4 Å². The molecule has 0 radical (unpaired) electrons. The van der Waals surface area contributed by atoms with Crippen LogP contribution in [0, 0.1) is 0 Å². The molecule has 2 N–H and O–H groups in total. The zero-order chi connectivity index (χ0) is 13.2. The van der Waals surface area contributed by atoms with Gasteiger partial charge in [0, 0.05) is 31.2 Å². The van der Waals surface area contributed by atoms with Gasteiger partial charge in [0.1, 0.15) is 5.01 Å². The summed E-state index contributed by atoms with van der Waals surface area (Å²) in [6.45, 7) is 1.65. The molecule has 6 heteroatoms. The van der Waals surface area contributed by atoms with E-state index in [1.54, 1.807) is 17.5 Å². The van der Waals surface area contributed by atoms with Crippen LogP contribution in [0.15, 0.2) is 29.8 Å². The van der Waals surface area contributed by atoms with Crippen molar-refractivity contribution in [2.45, 2.75) is 18.8 Å². The molecule has 0 aliphatic carbocycles. The molecule has 100 valence electrons. The van der Waals surface area contributed by atoms with E-state index in [-0.39, 0.29) is 0 Å². The fraction of sp³-hybridized carbons (Fsp3) is 0.385. The topological polar surface area (TPSA) is 69.5 Å². The SMILES string of the molecule is O[C@@H]1CN(Cc2csc(-c3ccccn3)n2)C[C@@H]1O. The number of aliphatic hydroxyl groups excluding tert-OH is 2. The highest BCUT2D eigenvalue weighted by Crippen LogP contribution is 2.23. The lowest BCUT2D eigenvalue weighted by atomic mass is 10.3. The molecule has 0 amide bonds. The predicted octanol–water partition coefficient (Wildman–Crippen LogP) is 0.742. The molecule has 1 fully saturated rings. The third-order valence-electron chi connectivity index (χ3n) is 3.16. The molecule has 0 spiro atoms. The van der Waals surface area contributed by atoms with E-state index in [1.807, 2.05) is 28.5 Å². The van der Waals surface area contributed by atoms with E-state index in [4.69, 9.17) is 0 Å². The second-order valence-corrected chi connectivity index (χ2v) is 5.55. The lowest BCUT2D eigenvalue weighted by molar-refractivity contribution is 0.0572. The minimum atomic E-state index is -0.645. The first-order valence-electron chi connectivity index (χ1n) is 6.16. The quantitative estimate of drug-likeness (QED) is 0.866. The number of rotatable bonds is 3. The van der Waals surface area contributed by atoms with E-state index in [0.29, 0.717) is 19.6 Å². The van der Waals surface area contributed by atoms with Crippen molar-refractivity contribution >= 4 is 11.3 Å². The van der Waals surface area contributed by atoms with Gasteiger partial charge in [-0.15, -0.1) is 11.3 Å². The first-order chi connectivity index (χ1) is 9.22. The van der Waals surface area contributed by atoms with Crippen LogP contribution in [0.5, 0.6) is 0 Å². The van der Waals surface area contributed by atoms with Gasteiger partial charge >= 0.3 is 0 Å². The van der Waals surface area contributed by atoms with Gasteiger partial charge < -0.3 is 10.2 Å². The first-order valence-corrected chi connectivity index (χ1v) is 7.04. The fourth-order valence-corrected chi connectivity index (χ4v) is 2.98. The minimum absolute atomic E-state index is 0.498. The molecule has 1 aliphatic rings. The maximum absolute atomic E-state index is 9.51. The van der Waals surface area contributed by atoms with Crippen LogP contribution in [0.3, 0.4) is 0 Å². The highest BCUT2D eigenvalue weighted by molar-refractivity contribution is 7.13. The number of β-amino-alcohol motifs (C(OH)–C–C–N with tert-alkyl or cyclic N) is 2. The van der Waals surface area contributed by atoms with Crippen molar-refractivity contribution in [2.75, 3.05) is 13.1 Å². The van der Waals surface area contributed by atoms with Crippen LogP contribution < -0.4 is 0 Å². The molecule has 2 aromatic heterocycles. The number of nitrogens with zero attached hydrogens (tertiary/aromatic N) is 3. The van der Waals surface area contributed by atoms with Crippen LogP contribution in [0.1, 0.15) is 5.69 Å². The fourth-order valence-electron chi connectivity index (χ4n) is 2.19. The maximum atomic E-state index is 9.51. The van der Waals surface area contributed by atoms with Gasteiger partial charge in [-0.1, -0.05) is 6.07 Å². The Hall–Kier alpha value is -1.34. The Morgan fingerprint density at radius 3 is 2.74 bits per heavy atom. The van der Waals surface area contributed by atoms with Crippen molar-refractivity contribution in [1.82, 2.24) is 14.9 Å². The van der Waals surface area contributed by atoms with Gasteiger partial charge in [-0.3, -0.25) is 9.88 Å². The highest BCUT2D eigenvalue weighted by atomic mass is 32.1. The summed E-state index contributed by atoms with van der Waals surface area (Å²) < 4.78 is 0. The summed E-state index contributed by atoms with van der Waals surface area (Å²) in [5, 5.41) is 21.9. The summed E-state index contributed by atoms with van der Waals surface area (Å²) in [5.41, 5.74) is 1.83. The molecule has 3 heterocycles. The van der Waals surface area contributed by atoms with Crippen molar-refractivity contribution in [3.63, 3.8) is 0 Å². The van der Waals surface area contributed by atoms with Crippen LogP contribution in [0.25, 0.3) is 10.7 Å². The Kier molecular flexibility index (Phi) is 3.56. The van der Waals surface area contributed by atoms with Crippen LogP contribution in [0.4, 0.5) is 0 Å². The highest BCUT2D eigenvalue weighted by Gasteiger charge is 2.29. The maximum Gasteiger partial charge on any atom is 0.142 e. The van der Waals surface area contributed by atoms with Gasteiger partial charge in [-0.2, -0.15) is 0 Å². The molecule has 1 aliphatic heterocycles. The van der Waals surface area contributed by atoms with Crippen molar-refractivity contribution in [3.05, 3.63) is 35.5 Å². The van der Waals surface area contributed by atoms with E-state index in [9.17, 15) is 10.2 Å². The number of aromatic nitrogens is 2.